The summed E-state index contributed by atoms with van der Waals surface area (Å²) in [6, 6.07) is 7.74. The molecule has 1 saturated heterocycles. The van der Waals surface area contributed by atoms with Gasteiger partial charge in [-0.1, -0.05) is 11.6 Å². The summed E-state index contributed by atoms with van der Waals surface area (Å²) in [6.07, 6.45) is 0.838. The van der Waals surface area contributed by atoms with Crippen molar-refractivity contribution < 1.29 is 17.9 Å². The molecule has 24 heavy (non-hydrogen) atoms. The predicted molar refractivity (Wildman–Crippen MR) is 91.5 cm³/mol. The fourth-order valence-corrected chi connectivity index (χ4v) is 3.64. The second-order valence-corrected chi connectivity index (χ2v) is 8.08. The monoisotopic (exact) mass is 351 g/mol. The van der Waals surface area contributed by atoms with Crippen LogP contribution in [0, 0.1) is 6.92 Å². The van der Waals surface area contributed by atoms with Gasteiger partial charge in [-0.05, 0) is 25.1 Å². The van der Waals surface area contributed by atoms with Crippen molar-refractivity contribution in [2.24, 2.45) is 0 Å². The van der Waals surface area contributed by atoms with Gasteiger partial charge in [0.25, 0.3) is 5.91 Å². The van der Waals surface area contributed by atoms with E-state index in [4.69, 9.17) is 4.74 Å². The lowest BCUT2D eigenvalue weighted by Crippen LogP contribution is -2.49. The van der Waals surface area contributed by atoms with Crippen LogP contribution in [0.2, 0.25) is 0 Å². The van der Waals surface area contributed by atoms with Crippen LogP contribution < -0.4 is 5.32 Å². The molecule has 0 saturated carbocycles. The first kappa shape index (κ1) is 16.9. The van der Waals surface area contributed by atoms with Crippen molar-refractivity contribution in [1.82, 2.24) is 14.6 Å². The van der Waals surface area contributed by atoms with Crippen LogP contribution >= 0.6 is 0 Å². The molecule has 0 aliphatic carbocycles. The van der Waals surface area contributed by atoms with E-state index in [2.05, 4.69) is 10.3 Å². The minimum absolute atomic E-state index is 0.232. The molecule has 1 aliphatic rings. The number of nitrogens with zero attached hydrogens (tertiary/aromatic N) is 1. The second-order valence-electron chi connectivity index (χ2n) is 6.10. The minimum Gasteiger partial charge on any atom is -0.374 e. The van der Waals surface area contributed by atoms with Crippen LogP contribution in [-0.4, -0.2) is 62.2 Å². The summed E-state index contributed by atoms with van der Waals surface area (Å²) >= 11 is 0. The van der Waals surface area contributed by atoms with Gasteiger partial charge in [0.15, 0.2) is 0 Å². The quantitative estimate of drug-likeness (QED) is 0.855. The Morgan fingerprint density at radius 2 is 2.21 bits per heavy atom. The largest absolute Gasteiger partial charge is 0.374 e. The maximum Gasteiger partial charge on any atom is 0.267 e. The van der Waals surface area contributed by atoms with Gasteiger partial charge in [0.2, 0.25) is 10.0 Å². The van der Waals surface area contributed by atoms with E-state index in [1.54, 1.807) is 0 Å². The number of carbonyl (C=O) groups is 1. The third-order valence-corrected chi connectivity index (χ3v) is 5.35. The van der Waals surface area contributed by atoms with Crippen LogP contribution in [0.1, 0.15) is 16.1 Å². The lowest BCUT2D eigenvalue weighted by molar-refractivity contribution is 0.000417. The van der Waals surface area contributed by atoms with E-state index in [0.29, 0.717) is 18.8 Å². The molecule has 2 heterocycles. The molecule has 3 rings (SSSR count). The summed E-state index contributed by atoms with van der Waals surface area (Å²) in [5.41, 5.74) is 2.51. The summed E-state index contributed by atoms with van der Waals surface area (Å²) in [5, 5.41) is 3.78. The Labute approximate surface area is 141 Å². The maximum atomic E-state index is 12.3. The van der Waals surface area contributed by atoms with Gasteiger partial charge >= 0.3 is 0 Å². The van der Waals surface area contributed by atoms with Crippen molar-refractivity contribution in [1.29, 1.82) is 0 Å². The Balaban J connectivity index is 1.62. The molecule has 130 valence electrons. The van der Waals surface area contributed by atoms with Crippen molar-refractivity contribution >= 4 is 26.8 Å². The van der Waals surface area contributed by atoms with Gasteiger partial charge in [-0.3, -0.25) is 4.79 Å². The van der Waals surface area contributed by atoms with E-state index in [1.807, 2.05) is 31.2 Å². The third kappa shape index (κ3) is 3.77. The highest BCUT2D eigenvalue weighted by atomic mass is 32.2. The number of aromatic nitrogens is 1. The fourth-order valence-electron chi connectivity index (χ4n) is 2.79. The second kappa shape index (κ2) is 6.54. The van der Waals surface area contributed by atoms with E-state index in [-0.39, 0.29) is 25.1 Å². The number of aryl methyl sites for hydroxylation is 1. The zero-order chi connectivity index (χ0) is 17.3. The molecule has 1 unspecified atom stereocenters. The number of hydrogen-bond donors (Lipinski definition) is 2. The topological polar surface area (TPSA) is 91.5 Å². The molecule has 1 fully saturated rings. The number of hydrogen-bond acceptors (Lipinski definition) is 4. The highest BCUT2D eigenvalue weighted by Crippen LogP contribution is 2.17. The molecule has 2 N–H and O–H groups in total. The molecule has 1 aliphatic heterocycles. The van der Waals surface area contributed by atoms with Gasteiger partial charge < -0.3 is 15.0 Å². The van der Waals surface area contributed by atoms with Gasteiger partial charge in [-0.25, -0.2) is 8.42 Å². The zero-order valence-electron chi connectivity index (χ0n) is 13.7. The molecule has 1 amide bonds. The first-order valence-electron chi connectivity index (χ1n) is 7.77. The average Bonchev–Trinajstić information content (AvgIpc) is 2.95. The highest BCUT2D eigenvalue weighted by Gasteiger charge is 2.26. The van der Waals surface area contributed by atoms with Crippen molar-refractivity contribution in [3.05, 3.63) is 35.5 Å². The normalized spacial score (nSPS) is 19.5. The zero-order valence-corrected chi connectivity index (χ0v) is 14.5. The molecular formula is C16H21N3O4S. The molecule has 1 atom stereocenters. The number of nitrogens with one attached hydrogen (secondary N) is 2. The Hall–Kier alpha value is -1.90. The summed E-state index contributed by atoms with van der Waals surface area (Å²) < 4.78 is 30.1. The van der Waals surface area contributed by atoms with Crippen molar-refractivity contribution in [2.75, 3.05) is 32.5 Å². The van der Waals surface area contributed by atoms with E-state index >= 15 is 0 Å². The van der Waals surface area contributed by atoms with E-state index < -0.39 is 10.0 Å². The molecule has 2 aromatic rings. The third-order valence-electron chi connectivity index (χ3n) is 4.08. The Morgan fingerprint density at radius 3 is 2.96 bits per heavy atom. The fraction of sp³-hybridized carbons (Fsp3) is 0.438. The summed E-state index contributed by atoms with van der Waals surface area (Å²) in [6.45, 7) is 3.20. The van der Waals surface area contributed by atoms with E-state index in [0.717, 1.165) is 16.5 Å². The number of morpholine rings is 1. The van der Waals surface area contributed by atoms with Crippen LogP contribution in [0.4, 0.5) is 0 Å². The lowest BCUT2D eigenvalue weighted by atomic mass is 10.2. The van der Waals surface area contributed by atoms with Crippen LogP contribution in [0.25, 0.3) is 10.9 Å². The Morgan fingerprint density at radius 1 is 1.42 bits per heavy atom. The number of H-pyrrole nitrogens is 1. The molecule has 1 aromatic carbocycles. The molecule has 7 nitrogen and oxygen atoms in total. The summed E-state index contributed by atoms with van der Waals surface area (Å²) in [4.78, 5) is 15.4. The van der Waals surface area contributed by atoms with Crippen molar-refractivity contribution in [2.45, 2.75) is 13.0 Å². The highest BCUT2D eigenvalue weighted by molar-refractivity contribution is 7.88. The molecule has 0 spiro atoms. The molecule has 8 heteroatoms. The Bertz CT molecular complexity index is 859. The number of fused-ring (bicyclic) bond motifs is 1. The van der Waals surface area contributed by atoms with Gasteiger partial charge in [0, 0.05) is 30.5 Å². The van der Waals surface area contributed by atoms with Crippen LogP contribution in [-0.2, 0) is 14.8 Å². The summed E-state index contributed by atoms with van der Waals surface area (Å²) in [5.74, 6) is -0.232. The first-order chi connectivity index (χ1) is 11.3. The Kier molecular flexibility index (Phi) is 4.62. The van der Waals surface area contributed by atoms with Crippen molar-refractivity contribution in [3.63, 3.8) is 0 Å². The number of carbonyl (C=O) groups excluding carboxylic acids is 1. The van der Waals surface area contributed by atoms with Crippen LogP contribution in [0.3, 0.4) is 0 Å². The number of aromatic amines is 1. The predicted octanol–water partition coefficient (Wildman–Crippen LogP) is 0.867. The number of ether oxygens (including phenoxy) is 1. The lowest BCUT2D eigenvalue weighted by Gasteiger charge is -2.31. The minimum atomic E-state index is -3.24. The van der Waals surface area contributed by atoms with Gasteiger partial charge in [-0.2, -0.15) is 4.31 Å². The van der Waals surface area contributed by atoms with Gasteiger partial charge in [0.1, 0.15) is 5.69 Å². The van der Waals surface area contributed by atoms with Crippen LogP contribution in [0.15, 0.2) is 24.3 Å². The SMILES string of the molecule is Cc1ccc2[nH]c(C(=O)NCC3CN(S(C)(=O)=O)CCO3)cc2c1. The van der Waals surface area contributed by atoms with Crippen LogP contribution in [0.5, 0.6) is 0 Å². The van der Waals surface area contributed by atoms with Gasteiger partial charge in [0.05, 0.1) is 19.0 Å². The standard InChI is InChI=1S/C16H21N3O4S/c1-11-3-4-14-12(7-11)8-15(18-14)16(20)17-9-13-10-19(5-6-23-13)24(2,21)22/h3-4,7-8,13,18H,5-6,9-10H2,1-2H3,(H,17,20). The average molecular weight is 351 g/mol. The molecule has 1 aromatic heterocycles. The van der Waals surface area contributed by atoms with Gasteiger partial charge in [-0.15, -0.1) is 0 Å². The number of benzene rings is 1. The maximum absolute atomic E-state index is 12.3. The molecule has 0 bridgehead atoms. The van der Waals surface area contributed by atoms with E-state index in [9.17, 15) is 13.2 Å². The molecule has 0 radical (unpaired) electrons. The number of amides is 1. The van der Waals surface area contributed by atoms with E-state index in [1.165, 1.54) is 10.6 Å². The summed E-state index contributed by atoms with van der Waals surface area (Å²) in [7, 11) is -3.24. The van der Waals surface area contributed by atoms with Crippen molar-refractivity contribution in [3.8, 4) is 0 Å². The smallest absolute Gasteiger partial charge is 0.267 e. The number of sulfonamides is 1. The molecular weight excluding hydrogens is 330 g/mol. The first-order valence-corrected chi connectivity index (χ1v) is 9.62. The number of rotatable bonds is 4.